The molecule has 1 heterocycles. The molecule has 1 aromatic heterocycles. The lowest BCUT2D eigenvalue weighted by molar-refractivity contribution is -0.396. The van der Waals surface area contributed by atoms with E-state index in [-0.39, 0.29) is 11.6 Å². The first kappa shape index (κ1) is 7.39. The molecule has 0 aromatic carbocycles. The molecule has 0 aliphatic carbocycles. The second kappa shape index (κ2) is 2.49. The Balaban J connectivity index is 3.20. The Kier molecular flexibility index (Phi) is 1.67. The molecule has 6 nitrogen and oxygen atoms in total. The Morgan fingerprint density at radius 3 is 2.73 bits per heavy atom. The van der Waals surface area contributed by atoms with Crippen molar-refractivity contribution >= 4 is 12.2 Å². The zero-order valence-corrected chi connectivity index (χ0v) is 5.72. The van der Waals surface area contributed by atoms with Crippen molar-refractivity contribution in [3.8, 4) is 0 Å². The zero-order chi connectivity index (χ0) is 8.43. The molecule has 0 atom stereocenters. The van der Waals surface area contributed by atoms with Gasteiger partial charge in [-0.05, 0) is 4.92 Å². The first-order valence-corrected chi connectivity index (χ1v) is 2.78. The van der Waals surface area contributed by atoms with Gasteiger partial charge in [0.05, 0.1) is 7.05 Å². The highest BCUT2D eigenvalue weighted by Crippen LogP contribution is 2.07. The maximum absolute atomic E-state index is 10.2. The summed E-state index contributed by atoms with van der Waals surface area (Å²) < 4.78 is 1.12. The fourth-order valence-electron chi connectivity index (χ4n) is 0.692. The molecule has 0 unspecified atom stereocenters. The van der Waals surface area contributed by atoms with Crippen LogP contribution in [0.5, 0.6) is 0 Å². The lowest BCUT2D eigenvalue weighted by atomic mass is 10.5. The molecule has 0 amide bonds. The van der Waals surface area contributed by atoms with E-state index in [1.165, 1.54) is 7.05 Å². The first-order chi connectivity index (χ1) is 5.16. The van der Waals surface area contributed by atoms with Crippen molar-refractivity contribution < 1.29 is 9.72 Å². The maximum Gasteiger partial charge on any atom is 0.434 e. The predicted molar refractivity (Wildman–Crippen MR) is 35.2 cm³/mol. The van der Waals surface area contributed by atoms with Crippen LogP contribution in [0.4, 0.5) is 5.95 Å². The standard InChI is InChI=1S/C5H5N3O3/c1-7-4(3-9)2-6-5(7)8(10)11/h2-3H,1H3. The Hall–Kier alpha value is -1.72. The molecule has 1 aromatic rings. The summed E-state index contributed by atoms with van der Waals surface area (Å²) in [7, 11) is 1.41. The lowest BCUT2D eigenvalue weighted by Gasteiger charge is -1.92. The van der Waals surface area contributed by atoms with Gasteiger partial charge in [0.15, 0.2) is 12.0 Å². The summed E-state index contributed by atoms with van der Waals surface area (Å²) in [5.41, 5.74) is 0.191. The summed E-state index contributed by atoms with van der Waals surface area (Å²) in [4.78, 5) is 23.1. The number of aromatic nitrogens is 2. The van der Waals surface area contributed by atoms with Crippen molar-refractivity contribution in [1.29, 1.82) is 0 Å². The van der Waals surface area contributed by atoms with Gasteiger partial charge in [-0.2, -0.15) is 0 Å². The zero-order valence-electron chi connectivity index (χ0n) is 5.72. The highest BCUT2D eigenvalue weighted by atomic mass is 16.6. The number of hydrogen-bond acceptors (Lipinski definition) is 4. The molecule has 11 heavy (non-hydrogen) atoms. The van der Waals surface area contributed by atoms with E-state index in [2.05, 4.69) is 4.98 Å². The summed E-state index contributed by atoms with van der Waals surface area (Å²) in [5, 5.41) is 10.2. The average Bonchev–Trinajstić information content (AvgIpc) is 2.30. The van der Waals surface area contributed by atoms with Gasteiger partial charge in [0, 0.05) is 0 Å². The third-order valence-corrected chi connectivity index (χ3v) is 1.28. The maximum atomic E-state index is 10.2. The number of hydrogen-bond donors (Lipinski definition) is 0. The molecule has 0 saturated carbocycles. The van der Waals surface area contributed by atoms with Gasteiger partial charge in [-0.3, -0.25) is 4.79 Å². The topological polar surface area (TPSA) is 78.0 Å². The average molecular weight is 155 g/mol. The molecule has 6 heteroatoms. The Morgan fingerprint density at radius 1 is 1.82 bits per heavy atom. The fourth-order valence-corrected chi connectivity index (χ4v) is 0.692. The smallest absolute Gasteiger partial charge is 0.390 e. The molecular weight excluding hydrogens is 150 g/mol. The van der Waals surface area contributed by atoms with Crippen molar-refractivity contribution in [2.45, 2.75) is 0 Å². The van der Waals surface area contributed by atoms with E-state index in [0.29, 0.717) is 6.29 Å². The van der Waals surface area contributed by atoms with Crippen molar-refractivity contribution in [2.75, 3.05) is 0 Å². The van der Waals surface area contributed by atoms with E-state index < -0.39 is 4.92 Å². The summed E-state index contributed by atoms with van der Waals surface area (Å²) in [6.45, 7) is 0. The van der Waals surface area contributed by atoms with Gasteiger partial charge < -0.3 is 10.1 Å². The Labute approximate surface area is 61.6 Å². The molecular formula is C5H5N3O3. The SMILES string of the molecule is Cn1c(C=O)cnc1[N+](=O)[O-]. The number of imidazole rings is 1. The van der Waals surface area contributed by atoms with E-state index in [1.807, 2.05) is 0 Å². The van der Waals surface area contributed by atoms with Crippen LogP contribution >= 0.6 is 0 Å². The van der Waals surface area contributed by atoms with Gasteiger partial charge >= 0.3 is 5.95 Å². The van der Waals surface area contributed by atoms with E-state index in [1.54, 1.807) is 0 Å². The van der Waals surface area contributed by atoms with Crippen LogP contribution in [0, 0.1) is 10.1 Å². The van der Waals surface area contributed by atoms with Gasteiger partial charge in [0.1, 0.15) is 6.20 Å². The first-order valence-electron chi connectivity index (χ1n) is 2.78. The minimum absolute atomic E-state index is 0.191. The van der Waals surface area contributed by atoms with Crippen LogP contribution < -0.4 is 0 Å². The predicted octanol–water partition coefficient (Wildman–Crippen LogP) is 0.141. The van der Waals surface area contributed by atoms with E-state index in [0.717, 1.165) is 10.8 Å². The summed E-state index contributed by atoms with van der Waals surface area (Å²) in [6, 6.07) is 0. The van der Waals surface area contributed by atoms with Crippen molar-refractivity contribution in [1.82, 2.24) is 9.55 Å². The minimum atomic E-state index is -0.646. The summed E-state index contributed by atoms with van der Waals surface area (Å²) >= 11 is 0. The highest BCUT2D eigenvalue weighted by Gasteiger charge is 2.15. The molecule has 0 fully saturated rings. The Morgan fingerprint density at radius 2 is 2.45 bits per heavy atom. The quantitative estimate of drug-likeness (QED) is 0.345. The number of aldehydes is 1. The van der Waals surface area contributed by atoms with E-state index in [9.17, 15) is 14.9 Å². The van der Waals surface area contributed by atoms with E-state index in [4.69, 9.17) is 0 Å². The molecule has 1 rings (SSSR count). The van der Waals surface area contributed by atoms with Gasteiger partial charge in [-0.1, -0.05) is 4.98 Å². The van der Waals surface area contributed by atoms with Gasteiger partial charge in [0.2, 0.25) is 0 Å². The van der Waals surface area contributed by atoms with Crippen LogP contribution in [-0.2, 0) is 7.05 Å². The van der Waals surface area contributed by atoms with Crippen molar-refractivity contribution in [2.24, 2.45) is 7.05 Å². The largest absolute Gasteiger partial charge is 0.434 e. The minimum Gasteiger partial charge on any atom is -0.390 e. The lowest BCUT2D eigenvalue weighted by Crippen LogP contribution is -2.00. The highest BCUT2D eigenvalue weighted by molar-refractivity contribution is 5.72. The van der Waals surface area contributed by atoms with Gasteiger partial charge in [-0.25, -0.2) is 4.57 Å². The molecule has 0 spiro atoms. The number of nitrogens with zero attached hydrogens (tertiary/aromatic N) is 3. The second-order valence-electron chi connectivity index (χ2n) is 1.92. The molecule has 0 saturated heterocycles. The molecule has 0 aliphatic heterocycles. The number of nitro groups is 1. The molecule has 0 radical (unpaired) electrons. The Bertz CT molecular complexity index is 304. The normalized spacial score (nSPS) is 9.55. The number of carbonyl (C=O) groups excluding carboxylic acids is 1. The van der Waals surface area contributed by atoms with Crippen molar-refractivity contribution in [3.63, 3.8) is 0 Å². The van der Waals surface area contributed by atoms with E-state index >= 15 is 0 Å². The summed E-state index contributed by atoms with van der Waals surface area (Å²) in [6.07, 6.45) is 1.67. The molecule has 0 bridgehead atoms. The van der Waals surface area contributed by atoms with Crippen molar-refractivity contribution in [3.05, 3.63) is 22.0 Å². The molecule has 0 aliphatic rings. The number of carbonyl (C=O) groups is 1. The third kappa shape index (κ3) is 1.09. The van der Waals surface area contributed by atoms with Gasteiger partial charge in [-0.15, -0.1) is 0 Å². The van der Waals surface area contributed by atoms with Crippen LogP contribution in [0.3, 0.4) is 0 Å². The monoisotopic (exact) mass is 155 g/mol. The van der Waals surface area contributed by atoms with Gasteiger partial charge in [0.25, 0.3) is 0 Å². The van der Waals surface area contributed by atoms with Crippen LogP contribution in [0.1, 0.15) is 10.5 Å². The molecule has 0 N–H and O–H groups in total. The van der Waals surface area contributed by atoms with Crippen LogP contribution in [0.25, 0.3) is 0 Å². The molecule has 58 valence electrons. The second-order valence-corrected chi connectivity index (χ2v) is 1.92. The van der Waals surface area contributed by atoms with Crippen LogP contribution in [-0.4, -0.2) is 20.8 Å². The van der Waals surface area contributed by atoms with Crippen LogP contribution in [0.15, 0.2) is 6.20 Å². The third-order valence-electron chi connectivity index (χ3n) is 1.28. The number of rotatable bonds is 2. The fraction of sp³-hybridized carbons (Fsp3) is 0.200. The van der Waals surface area contributed by atoms with Crippen LogP contribution in [0.2, 0.25) is 0 Å². The summed E-state index contributed by atoms with van der Waals surface area (Å²) in [5.74, 6) is -0.327.